The van der Waals surface area contributed by atoms with Gasteiger partial charge in [-0.25, -0.2) is 0 Å². The van der Waals surface area contributed by atoms with Crippen LogP contribution in [-0.4, -0.2) is 42.9 Å². The summed E-state index contributed by atoms with van der Waals surface area (Å²) < 4.78 is 17.0. The van der Waals surface area contributed by atoms with Crippen LogP contribution in [0.15, 0.2) is 54.0 Å². The van der Waals surface area contributed by atoms with Crippen LogP contribution in [0.1, 0.15) is 23.6 Å². The Kier molecular flexibility index (Phi) is 9.00. The highest BCUT2D eigenvalue weighted by atomic mass is 35.5. The maximum atomic E-state index is 12.7. The van der Waals surface area contributed by atoms with Gasteiger partial charge in [-0.1, -0.05) is 35.9 Å². The van der Waals surface area contributed by atoms with Crippen LogP contribution in [0.25, 0.3) is 6.08 Å². The lowest BCUT2D eigenvalue weighted by molar-refractivity contribution is -0.123. The molecule has 0 bridgehead atoms. The van der Waals surface area contributed by atoms with Crippen LogP contribution in [0.5, 0.6) is 11.5 Å². The van der Waals surface area contributed by atoms with E-state index in [0.29, 0.717) is 41.1 Å². The highest BCUT2D eigenvalue weighted by molar-refractivity contribution is 8.18. The van der Waals surface area contributed by atoms with Crippen molar-refractivity contribution in [2.45, 2.75) is 20.0 Å². The number of carbonyl (C=O) groups is 2. The van der Waals surface area contributed by atoms with Gasteiger partial charge in [0.2, 0.25) is 0 Å². The van der Waals surface area contributed by atoms with Gasteiger partial charge in [0, 0.05) is 23.3 Å². The molecule has 1 aliphatic heterocycles. The summed E-state index contributed by atoms with van der Waals surface area (Å²) in [6, 6.07) is 11.2. The molecule has 8 heteroatoms. The molecule has 0 spiro atoms. The monoisotopic (exact) mass is 487 g/mol. The van der Waals surface area contributed by atoms with E-state index in [1.165, 1.54) is 12.0 Å². The van der Waals surface area contributed by atoms with Crippen LogP contribution in [0.2, 0.25) is 5.02 Å². The summed E-state index contributed by atoms with van der Waals surface area (Å²) in [6.07, 6.45) is 4.01. The largest absolute Gasteiger partial charge is 0.490 e. The van der Waals surface area contributed by atoms with Crippen LogP contribution >= 0.6 is 23.4 Å². The first-order valence-electron chi connectivity index (χ1n) is 10.5. The van der Waals surface area contributed by atoms with E-state index >= 15 is 0 Å². The Balaban J connectivity index is 1.93. The van der Waals surface area contributed by atoms with E-state index in [1.54, 1.807) is 18.2 Å². The summed E-state index contributed by atoms with van der Waals surface area (Å²) in [4.78, 5) is 26.5. The van der Waals surface area contributed by atoms with E-state index in [-0.39, 0.29) is 24.3 Å². The number of nitrogens with zero attached hydrogens (tertiary/aromatic N) is 1. The number of hydrogen-bond acceptors (Lipinski definition) is 6. The van der Waals surface area contributed by atoms with E-state index < -0.39 is 0 Å². The fraction of sp³-hybridized carbons (Fsp3) is 0.280. The quantitative estimate of drug-likeness (QED) is 0.298. The Morgan fingerprint density at radius 2 is 1.94 bits per heavy atom. The van der Waals surface area contributed by atoms with Crippen molar-refractivity contribution < 1.29 is 23.8 Å². The number of ether oxygens (including phenoxy) is 3. The Hall–Kier alpha value is -2.74. The maximum Gasteiger partial charge on any atom is 0.293 e. The Morgan fingerprint density at radius 1 is 1.15 bits per heavy atom. The van der Waals surface area contributed by atoms with Crippen molar-refractivity contribution in [1.29, 1.82) is 0 Å². The first-order valence-corrected chi connectivity index (χ1v) is 11.7. The molecule has 2 aromatic rings. The first kappa shape index (κ1) is 24.9. The molecule has 1 heterocycles. The highest BCUT2D eigenvalue weighted by Crippen LogP contribution is 2.38. The number of carbonyl (C=O) groups excluding carboxylic acids is 2. The van der Waals surface area contributed by atoms with Gasteiger partial charge in [-0.05, 0) is 54.9 Å². The number of benzene rings is 2. The minimum absolute atomic E-state index is 0.221. The lowest BCUT2D eigenvalue weighted by Gasteiger charge is -2.17. The number of allylic oxidation sites excluding steroid dienone is 1. The minimum atomic E-state index is -0.329. The van der Waals surface area contributed by atoms with Crippen molar-refractivity contribution in [1.82, 2.24) is 4.90 Å². The van der Waals surface area contributed by atoms with Crippen LogP contribution in [-0.2, 0) is 22.6 Å². The molecule has 1 saturated heterocycles. The standard InChI is InChI=1S/C25H26ClNO5S/c1-4-8-18-13-17(15-22-24(28)27(11-12-30-3)25(29)33-22)14-21(31-5-2)23(18)32-16-19-9-6-7-10-20(19)26/h4,6-7,9-10,13-15H,1,5,8,11-12,16H2,2-3H3/b22-15+. The van der Waals surface area contributed by atoms with E-state index in [4.69, 9.17) is 25.8 Å². The van der Waals surface area contributed by atoms with Gasteiger partial charge in [0.1, 0.15) is 6.61 Å². The fourth-order valence-corrected chi connectivity index (χ4v) is 4.35. The molecule has 1 aliphatic rings. The third-order valence-electron chi connectivity index (χ3n) is 4.84. The Morgan fingerprint density at radius 3 is 2.64 bits per heavy atom. The minimum Gasteiger partial charge on any atom is -0.490 e. The molecule has 0 aromatic heterocycles. The van der Waals surface area contributed by atoms with E-state index in [9.17, 15) is 9.59 Å². The Labute approximate surface area is 203 Å². The van der Waals surface area contributed by atoms with Gasteiger partial charge in [-0.3, -0.25) is 14.5 Å². The molecule has 0 saturated carbocycles. The molecule has 0 aliphatic carbocycles. The molecule has 174 valence electrons. The van der Waals surface area contributed by atoms with Gasteiger partial charge in [-0.15, -0.1) is 6.58 Å². The summed E-state index contributed by atoms with van der Waals surface area (Å²) in [5.41, 5.74) is 2.45. The summed E-state index contributed by atoms with van der Waals surface area (Å²) in [5, 5.41) is 0.320. The predicted octanol–water partition coefficient (Wildman–Crippen LogP) is 5.73. The van der Waals surface area contributed by atoms with Crippen molar-refractivity contribution in [3.05, 3.63) is 75.7 Å². The van der Waals surface area contributed by atoms with E-state index in [0.717, 1.165) is 28.5 Å². The zero-order valence-electron chi connectivity index (χ0n) is 18.6. The average molecular weight is 488 g/mol. The molecule has 0 atom stereocenters. The third-order valence-corrected chi connectivity index (χ3v) is 6.11. The van der Waals surface area contributed by atoms with Gasteiger partial charge < -0.3 is 14.2 Å². The summed E-state index contributed by atoms with van der Waals surface area (Å²) in [6.45, 7) is 6.96. The van der Waals surface area contributed by atoms with E-state index in [2.05, 4.69) is 6.58 Å². The zero-order chi connectivity index (χ0) is 23.8. The first-order chi connectivity index (χ1) is 16.0. The SMILES string of the molecule is C=CCc1cc(/C=C2/SC(=O)N(CCOC)C2=O)cc(OCC)c1OCc1ccccc1Cl. The number of hydrogen-bond donors (Lipinski definition) is 0. The lowest BCUT2D eigenvalue weighted by atomic mass is 10.0. The van der Waals surface area contributed by atoms with Gasteiger partial charge in [0.15, 0.2) is 11.5 Å². The second-order valence-corrected chi connectivity index (χ2v) is 8.54. The molecule has 0 radical (unpaired) electrons. The molecule has 2 amide bonds. The number of halogens is 1. The molecule has 2 aromatic carbocycles. The summed E-state index contributed by atoms with van der Waals surface area (Å²) in [5.74, 6) is 0.820. The van der Waals surface area contributed by atoms with E-state index in [1.807, 2.05) is 37.3 Å². The normalized spacial score (nSPS) is 14.8. The highest BCUT2D eigenvalue weighted by Gasteiger charge is 2.34. The third kappa shape index (κ3) is 6.19. The van der Waals surface area contributed by atoms with Gasteiger partial charge in [0.25, 0.3) is 11.1 Å². The fourth-order valence-electron chi connectivity index (χ4n) is 3.29. The molecular weight excluding hydrogens is 462 g/mol. The van der Waals surface area contributed by atoms with Gasteiger partial charge in [0.05, 0.1) is 24.7 Å². The summed E-state index contributed by atoms with van der Waals surface area (Å²) in [7, 11) is 1.53. The number of imide groups is 1. The molecule has 33 heavy (non-hydrogen) atoms. The second kappa shape index (κ2) is 11.9. The maximum absolute atomic E-state index is 12.7. The lowest BCUT2D eigenvalue weighted by Crippen LogP contribution is -2.31. The van der Waals surface area contributed by atoms with Crippen LogP contribution in [0, 0.1) is 0 Å². The molecule has 1 fully saturated rings. The van der Waals surface area contributed by atoms with Crippen molar-refractivity contribution in [3.63, 3.8) is 0 Å². The van der Waals surface area contributed by atoms with Crippen molar-refractivity contribution in [2.75, 3.05) is 26.9 Å². The molecule has 6 nitrogen and oxygen atoms in total. The number of thioether (sulfide) groups is 1. The zero-order valence-corrected chi connectivity index (χ0v) is 20.2. The molecule has 3 rings (SSSR count). The number of amides is 2. The van der Waals surface area contributed by atoms with Crippen molar-refractivity contribution >= 4 is 40.6 Å². The smallest absolute Gasteiger partial charge is 0.293 e. The topological polar surface area (TPSA) is 65.1 Å². The van der Waals surface area contributed by atoms with Gasteiger partial charge >= 0.3 is 0 Å². The second-order valence-electron chi connectivity index (χ2n) is 7.14. The summed E-state index contributed by atoms with van der Waals surface area (Å²) >= 11 is 7.19. The van der Waals surface area contributed by atoms with Crippen molar-refractivity contribution in [2.24, 2.45) is 0 Å². The van der Waals surface area contributed by atoms with Crippen LogP contribution in [0.4, 0.5) is 4.79 Å². The predicted molar refractivity (Wildman–Crippen MR) is 132 cm³/mol. The van der Waals surface area contributed by atoms with Crippen molar-refractivity contribution in [3.8, 4) is 11.5 Å². The molecule has 0 unspecified atom stereocenters. The average Bonchev–Trinajstić information content (AvgIpc) is 3.05. The van der Waals surface area contributed by atoms with Crippen LogP contribution < -0.4 is 9.47 Å². The number of rotatable bonds is 11. The van der Waals surface area contributed by atoms with Gasteiger partial charge in [-0.2, -0.15) is 0 Å². The molecule has 0 N–H and O–H groups in total. The van der Waals surface area contributed by atoms with Crippen LogP contribution in [0.3, 0.4) is 0 Å². The number of methoxy groups -OCH3 is 1. The molecular formula is C25H26ClNO5S. The Bertz CT molecular complexity index is 1070.